The molecule has 0 aromatic carbocycles. The van der Waals surface area contributed by atoms with E-state index >= 15 is 0 Å². The first-order valence-electron chi connectivity index (χ1n) is 6.40. The Balaban J connectivity index is 1.74. The van der Waals surface area contributed by atoms with Crippen molar-refractivity contribution in [3.63, 3.8) is 0 Å². The van der Waals surface area contributed by atoms with Gasteiger partial charge in [0, 0.05) is 12.0 Å². The first kappa shape index (κ1) is 12.5. The zero-order chi connectivity index (χ0) is 12.1. The third-order valence-corrected chi connectivity index (χ3v) is 3.28. The minimum Gasteiger partial charge on any atom is -0.371 e. The minimum atomic E-state index is -0.143. The van der Waals surface area contributed by atoms with E-state index in [-0.39, 0.29) is 5.54 Å². The van der Waals surface area contributed by atoms with E-state index in [2.05, 4.69) is 10.1 Å². The van der Waals surface area contributed by atoms with E-state index < -0.39 is 0 Å². The maximum atomic E-state index is 6.27. The maximum absolute atomic E-state index is 6.27. The standard InChI is InChI=1S/C12H21N3O2/c1-2-11-14-10(15-17-11)8-16-9-12(13)6-4-3-5-7-12/h2-9,13H2,1H3. The molecule has 1 saturated carbocycles. The summed E-state index contributed by atoms with van der Waals surface area (Å²) in [5.41, 5.74) is 6.12. The zero-order valence-corrected chi connectivity index (χ0v) is 10.4. The van der Waals surface area contributed by atoms with Crippen molar-refractivity contribution in [3.8, 4) is 0 Å². The molecule has 1 aromatic heterocycles. The van der Waals surface area contributed by atoms with Gasteiger partial charge in [0.2, 0.25) is 5.89 Å². The van der Waals surface area contributed by atoms with E-state index in [1.165, 1.54) is 19.3 Å². The molecule has 2 N–H and O–H groups in total. The first-order chi connectivity index (χ1) is 8.22. The van der Waals surface area contributed by atoms with Crippen molar-refractivity contribution in [1.82, 2.24) is 10.1 Å². The van der Waals surface area contributed by atoms with Crippen LogP contribution in [0.15, 0.2) is 4.52 Å². The number of ether oxygens (including phenoxy) is 1. The highest BCUT2D eigenvalue weighted by Crippen LogP contribution is 2.26. The molecule has 5 nitrogen and oxygen atoms in total. The Labute approximate surface area is 102 Å². The van der Waals surface area contributed by atoms with E-state index in [4.69, 9.17) is 15.0 Å². The van der Waals surface area contributed by atoms with Gasteiger partial charge in [-0.15, -0.1) is 0 Å². The van der Waals surface area contributed by atoms with Gasteiger partial charge in [0.15, 0.2) is 5.82 Å². The van der Waals surface area contributed by atoms with Crippen LogP contribution in [0.3, 0.4) is 0 Å². The molecule has 1 aliphatic carbocycles. The van der Waals surface area contributed by atoms with Gasteiger partial charge in [0.25, 0.3) is 0 Å². The van der Waals surface area contributed by atoms with Crippen molar-refractivity contribution in [2.45, 2.75) is 57.6 Å². The summed E-state index contributed by atoms with van der Waals surface area (Å²) in [6.45, 7) is 2.96. The summed E-state index contributed by atoms with van der Waals surface area (Å²) in [4.78, 5) is 4.19. The number of aryl methyl sites for hydroxylation is 1. The van der Waals surface area contributed by atoms with Crippen molar-refractivity contribution in [3.05, 3.63) is 11.7 Å². The van der Waals surface area contributed by atoms with Crippen molar-refractivity contribution in [2.24, 2.45) is 5.73 Å². The van der Waals surface area contributed by atoms with Crippen molar-refractivity contribution >= 4 is 0 Å². The van der Waals surface area contributed by atoms with Crippen LogP contribution in [0.2, 0.25) is 0 Å². The number of nitrogens with two attached hydrogens (primary N) is 1. The molecule has 0 spiro atoms. The van der Waals surface area contributed by atoms with Crippen LogP contribution in [-0.2, 0) is 17.8 Å². The highest BCUT2D eigenvalue weighted by molar-refractivity contribution is 4.88. The first-order valence-corrected chi connectivity index (χ1v) is 6.40. The second kappa shape index (κ2) is 5.60. The average Bonchev–Trinajstić information content (AvgIpc) is 2.78. The second-order valence-electron chi connectivity index (χ2n) is 4.87. The molecule has 0 amide bonds. The Morgan fingerprint density at radius 1 is 1.35 bits per heavy atom. The van der Waals surface area contributed by atoms with Gasteiger partial charge in [-0.25, -0.2) is 0 Å². The van der Waals surface area contributed by atoms with Crippen LogP contribution in [0, 0.1) is 0 Å². The van der Waals surface area contributed by atoms with Crippen molar-refractivity contribution < 1.29 is 9.26 Å². The Bertz CT molecular complexity index is 345. The van der Waals surface area contributed by atoms with E-state index in [0.29, 0.717) is 24.9 Å². The topological polar surface area (TPSA) is 74.2 Å². The van der Waals surface area contributed by atoms with Gasteiger partial charge in [-0.3, -0.25) is 0 Å². The molecular weight excluding hydrogens is 218 g/mol. The van der Waals surface area contributed by atoms with Crippen LogP contribution in [0.4, 0.5) is 0 Å². The van der Waals surface area contributed by atoms with Crippen LogP contribution >= 0.6 is 0 Å². The van der Waals surface area contributed by atoms with Crippen LogP contribution in [-0.4, -0.2) is 22.3 Å². The number of hydrogen-bond acceptors (Lipinski definition) is 5. The molecule has 0 bridgehead atoms. The van der Waals surface area contributed by atoms with Gasteiger partial charge in [-0.1, -0.05) is 31.3 Å². The van der Waals surface area contributed by atoms with Gasteiger partial charge < -0.3 is 15.0 Å². The van der Waals surface area contributed by atoms with E-state index in [0.717, 1.165) is 19.3 Å². The average molecular weight is 239 g/mol. The number of nitrogens with zero attached hydrogens (tertiary/aromatic N) is 2. The molecule has 1 aromatic rings. The predicted octanol–water partition coefficient (Wildman–Crippen LogP) is 1.81. The lowest BCUT2D eigenvalue weighted by molar-refractivity contribution is 0.0531. The summed E-state index contributed by atoms with van der Waals surface area (Å²) in [6, 6.07) is 0. The Morgan fingerprint density at radius 3 is 2.76 bits per heavy atom. The van der Waals surface area contributed by atoms with E-state index in [9.17, 15) is 0 Å². The van der Waals surface area contributed by atoms with Crippen LogP contribution < -0.4 is 5.73 Å². The van der Waals surface area contributed by atoms with Gasteiger partial charge in [0.05, 0.1) is 6.61 Å². The molecule has 1 fully saturated rings. The summed E-state index contributed by atoms with van der Waals surface area (Å²) >= 11 is 0. The fourth-order valence-electron chi connectivity index (χ4n) is 2.24. The van der Waals surface area contributed by atoms with Gasteiger partial charge >= 0.3 is 0 Å². The summed E-state index contributed by atoms with van der Waals surface area (Å²) in [7, 11) is 0. The van der Waals surface area contributed by atoms with Gasteiger partial charge in [-0.05, 0) is 12.8 Å². The van der Waals surface area contributed by atoms with Crippen molar-refractivity contribution in [2.75, 3.05) is 6.61 Å². The fraction of sp³-hybridized carbons (Fsp3) is 0.833. The number of aromatic nitrogens is 2. The molecule has 0 saturated heterocycles. The lowest BCUT2D eigenvalue weighted by Crippen LogP contribution is -2.46. The number of rotatable bonds is 5. The molecule has 0 atom stereocenters. The van der Waals surface area contributed by atoms with Gasteiger partial charge in [0.1, 0.15) is 6.61 Å². The zero-order valence-electron chi connectivity index (χ0n) is 10.4. The van der Waals surface area contributed by atoms with Crippen molar-refractivity contribution in [1.29, 1.82) is 0 Å². The summed E-state index contributed by atoms with van der Waals surface area (Å²) in [6.07, 6.45) is 6.58. The van der Waals surface area contributed by atoms with Crippen LogP contribution in [0.1, 0.15) is 50.7 Å². The molecular formula is C12H21N3O2. The molecule has 2 rings (SSSR count). The molecule has 1 aliphatic rings. The van der Waals surface area contributed by atoms with Gasteiger partial charge in [-0.2, -0.15) is 4.98 Å². The summed E-state index contributed by atoms with van der Waals surface area (Å²) in [5, 5.41) is 3.84. The Hall–Kier alpha value is -0.940. The second-order valence-corrected chi connectivity index (χ2v) is 4.87. The third kappa shape index (κ3) is 3.51. The minimum absolute atomic E-state index is 0.143. The normalized spacial score (nSPS) is 19.4. The smallest absolute Gasteiger partial charge is 0.226 e. The lowest BCUT2D eigenvalue weighted by Gasteiger charge is -2.32. The molecule has 5 heteroatoms. The summed E-state index contributed by atoms with van der Waals surface area (Å²) in [5.74, 6) is 1.27. The largest absolute Gasteiger partial charge is 0.371 e. The molecule has 0 aliphatic heterocycles. The quantitative estimate of drug-likeness (QED) is 0.848. The maximum Gasteiger partial charge on any atom is 0.226 e. The monoisotopic (exact) mass is 239 g/mol. The summed E-state index contributed by atoms with van der Waals surface area (Å²) < 4.78 is 10.6. The van der Waals surface area contributed by atoms with E-state index in [1.54, 1.807) is 0 Å². The highest BCUT2D eigenvalue weighted by Gasteiger charge is 2.27. The molecule has 96 valence electrons. The lowest BCUT2D eigenvalue weighted by atomic mass is 9.83. The number of hydrogen-bond donors (Lipinski definition) is 1. The highest BCUT2D eigenvalue weighted by atomic mass is 16.5. The van der Waals surface area contributed by atoms with E-state index in [1.807, 2.05) is 6.92 Å². The van der Waals surface area contributed by atoms with Crippen LogP contribution in [0.5, 0.6) is 0 Å². The SMILES string of the molecule is CCc1nc(COCC2(N)CCCCC2)no1. The predicted molar refractivity (Wildman–Crippen MR) is 63.3 cm³/mol. The fourth-order valence-corrected chi connectivity index (χ4v) is 2.24. The molecule has 0 radical (unpaired) electrons. The Morgan fingerprint density at radius 2 is 2.12 bits per heavy atom. The third-order valence-electron chi connectivity index (χ3n) is 3.28. The van der Waals surface area contributed by atoms with Crippen LogP contribution in [0.25, 0.3) is 0 Å². The molecule has 1 heterocycles. The molecule has 0 unspecified atom stereocenters. The Kier molecular flexibility index (Phi) is 4.12. The molecule has 17 heavy (non-hydrogen) atoms.